The SMILES string of the molecule is C=C(C)[C@H]1CC2(CCN(S(=O)(=O)c3ccc(-c4ccc(OC(C)C)cc4)cc3)CC2)CO[C@@H]1c1c(C)cc(C)cc1OCC(=O)O. The van der Waals surface area contributed by atoms with E-state index in [0.717, 1.165) is 45.6 Å². The number of hydrogen-bond acceptors (Lipinski definition) is 6. The maximum Gasteiger partial charge on any atom is 0.341 e. The van der Waals surface area contributed by atoms with E-state index in [4.69, 9.17) is 14.2 Å². The molecule has 2 aliphatic heterocycles. The number of hydrogen-bond donors (Lipinski definition) is 1. The number of carboxylic acids is 1. The molecule has 2 saturated heterocycles. The van der Waals surface area contributed by atoms with Crippen molar-refractivity contribution in [2.45, 2.75) is 71.0 Å². The van der Waals surface area contributed by atoms with Crippen molar-refractivity contribution in [1.29, 1.82) is 0 Å². The zero-order valence-electron chi connectivity index (χ0n) is 27.4. The maximum absolute atomic E-state index is 13.7. The van der Waals surface area contributed by atoms with E-state index in [9.17, 15) is 18.3 Å². The van der Waals surface area contributed by atoms with Crippen LogP contribution in [0, 0.1) is 25.2 Å². The highest BCUT2D eigenvalue weighted by molar-refractivity contribution is 7.89. The zero-order chi connectivity index (χ0) is 33.2. The number of benzene rings is 3. The molecule has 0 unspecified atom stereocenters. The lowest BCUT2D eigenvalue weighted by molar-refractivity contribution is -0.139. The van der Waals surface area contributed by atoms with Crippen molar-refractivity contribution in [3.05, 3.63) is 89.5 Å². The van der Waals surface area contributed by atoms with Crippen molar-refractivity contribution >= 4 is 16.0 Å². The van der Waals surface area contributed by atoms with Crippen molar-refractivity contribution in [3.8, 4) is 22.6 Å². The summed E-state index contributed by atoms with van der Waals surface area (Å²) in [5.74, 6) is 0.263. The average molecular weight is 648 g/mol. The Bertz CT molecular complexity index is 1670. The van der Waals surface area contributed by atoms with Crippen molar-refractivity contribution < 1.29 is 32.5 Å². The van der Waals surface area contributed by atoms with Crippen molar-refractivity contribution in [2.75, 3.05) is 26.3 Å². The highest BCUT2D eigenvalue weighted by Gasteiger charge is 2.46. The third-order valence-corrected chi connectivity index (χ3v) is 11.1. The molecule has 1 N–H and O–H groups in total. The number of sulfonamides is 1. The molecule has 2 heterocycles. The van der Waals surface area contributed by atoms with Crippen LogP contribution in [0.25, 0.3) is 11.1 Å². The Morgan fingerprint density at radius 3 is 2.22 bits per heavy atom. The molecular weight excluding hydrogens is 602 g/mol. The van der Waals surface area contributed by atoms with Crippen LogP contribution >= 0.6 is 0 Å². The molecule has 0 bridgehead atoms. The molecule has 2 atom stereocenters. The van der Waals surface area contributed by atoms with Crippen molar-refractivity contribution in [1.82, 2.24) is 4.31 Å². The Balaban J connectivity index is 1.28. The molecule has 0 aromatic heterocycles. The molecule has 0 saturated carbocycles. The lowest BCUT2D eigenvalue weighted by Crippen LogP contribution is -2.48. The summed E-state index contributed by atoms with van der Waals surface area (Å²) in [4.78, 5) is 11.6. The number of aryl methyl sites for hydroxylation is 2. The molecule has 5 rings (SSSR count). The monoisotopic (exact) mass is 647 g/mol. The van der Waals surface area contributed by atoms with Gasteiger partial charge in [0.05, 0.1) is 23.7 Å². The van der Waals surface area contributed by atoms with Gasteiger partial charge < -0.3 is 19.3 Å². The summed E-state index contributed by atoms with van der Waals surface area (Å²) >= 11 is 0. The fourth-order valence-corrected chi connectivity index (χ4v) is 8.25. The van der Waals surface area contributed by atoms with Gasteiger partial charge in [0.25, 0.3) is 0 Å². The number of rotatable bonds is 10. The molecule has 0 aliphatic carbocycles. The second-order valence-electron chi connectivity index (χ2n) is 13.2. The minimum absolute atomic E-state index is 0.0240. The van der Waals surface area contributed by atoms with Crippen LogP contribution in [0.15, 0.2) is 77.7 Å². The van der Waals surface area contributed by atoms with Gasteiger partial charge in [0.2, 0.25) is 10.0 Å². The minimum Gasteiger partial charge on any atom is -0.491 e. The van der Waals surface area contributed by atoms with E-state index in [1.807, 2.05) is 77.1 Å². The smallest absolute Gasteiger partial charge is 0.341 e. The number of carboxylic acid groups (broad SMARTS) is 1. The predicted octanol–water partition coefficient (Wildman–Crippen LogP) is 7.35. The molecule has 0 amide bonds. The summed E-state index contributed by atoms with van der Waals surface area (Å²) in [6.45, 7) is 15.1. The van der Waals surface area contributed by atoms with Crippen molar-refractivity contribution in [3.63, 3.8) is 0 Å². The summed E-state index contributed by atoms with van der Waals surface area (Å²) in [6.07, 6.45) is 1.94. The van der Waals surface area contributed by atoms with Gasteiger partial charge in [-0.25, -0.2) is 13.2 Å². The topological polar surface area (TPSA) is 102 Å². The zero-order valence-corrected chi connectivity index (χ0v) is 28.2. The Kier molecular flexibility index (Phi) is 9.96. The fraction of sp³-hybridized carbons (Fsp3) is 0.432. The number of ether oxygens (including phenoxy) is 3. The normalized spacial score (nSPS) is 20.0. The molecule has 0 radical (unpaired) electrons. The Morgan fingerprint density at radius 1 is 1.04 bits per heavy atom. The van der Waals surface area contributed by atoms with Gasteiger partial charge in [-0.05, 0) is 112 Å². The molecule has 46 heavy (non-hydrogen) atoms. The molecule has 3 aromatic carbocycles. The number of aliphatic carboxylic acids is 1. The van der Waals surface area contributed by atoms with Gasteiger partial charge in [-0.3, -0.25) is 0 Å². The van der Waals surface area contributed by atoms with Crippen LogP contribution in [0.4, 0.5) is 0 Å². The molecule has 3 aromatic rings. The maximum atomic E-state index is 13.7. The molecule has 2 aliphatic rings. The van der Waals surface area contributed by atoms with Gasteiger partial charge in [0.15, 0.2) is 6.61 Å². The lowest BCUT2D eigenvalue weighted by Gasteiger charge is -2.49. The van der Waals surface area contributed by atoms with Crippen LogP contribution in [0.3, 0.4) is 0 Å². The van der Waals surface area contributed by atoms with Gasteiger partial charge in [-0.1, -0.05) is 42.5 Å². The van der Waals surface area contributed by atoms with Crippen LogP contribution in [0.2, 0.25) is 0 Å². The Labute approximate surface area is 273 Å². The predicted molar refractivity (Wildman–Crippen MR) is 179 cm³/mol. The van der Waals surface area contributed by atoms with E-state index in [-0.39, 0.29) is 28.4 Å². The first kappa shape index (κ1) is 33.7. The average Bonchev–Trinajstić information content (AvgIpc) is 3.00. The van der Waals surface area contributed by atoms with Crippen LogP contribution in [-0.4, -0.2) is 56.2 Å². The number of nitrogens with zero attached hydrogens (tertiary/aromatic N) is 1. The van der Waals surface area contributed by atoms with Gasteiger partial charge in [-0.2, -0.15) is 4.31 Å². The molecule has 1 spiro atoms. The highest BCUT2D eigenvalue weighted by atomic mass is 32.2. The van der Waals surface area contributed by atoms with Gasteiger partial charge >= 0.3 is 5.97 Å². The second kappa shape index (κ2) is 13.6. The molecular formula is C37H45NO7S. The quantitative estimate of drug-likeness (QED) is 0.230. The van der Waals surface area contributed by atoms with Crippen LogP contribution < -0.4 is 9.47 Å². The first-order valence-electron chi connectivity index (χ1n) is 15.9. The molecule has 9 heteroatoms. The third kappa shape index (κ3) is 7.32. The molecule has 8 nitrogen and oxygen atoms in total. The van der Waals surface area contributed by atoms with E-state index in [0.29, 0.717) is 38.3 Å². The standard InChI is InChI=1S/C37H45NO7S/c1-24(2)32-21-37(23-44-36(32)35-27(6)19-26(5)20-33(35)43-22-34(39)40)15-17-38(18-16-37)46(41,42)31-13-9-29(10-14-31)28-7-11-30(12-8-28)45-25(3)4/h7-14,19-20,25,32,36H,1,15-18,21-23H2,2-6H3,(H,39,40)/t32-,36+/m1/s1. The van der Waals surface area contributed by atoms with Crippen LogP contribution in [0.1, 0.15) is 62.8 Å². The summed E-state index contributed by atoms with van der Waals surface area (Å²) < 4.78 is 47.0. The highest BCUT2D eigenvalue weighted by Crippen LogP contribution is 2.52. The van der Waals surface area contributed by atoms with Crippen LogP contribution in [0.5, 0.6) is 11.5 Å². The summed E-state index contributed by atoms with van der Waals surface area (Å²) in [7, 11) is -3.66. The third-order valence-electron chi connectivity index (χ3n) is 9.18. The molecule has 2 fully saturated rings. The van der Waals surface area contributed by atoms with Gasteiger partial charge in [0.1, 0.15) is 11.5 Å². The summed E-state index contributed by atoms with van der Waals surface area (Å²) in [5.41, 5.74) is 5.55. The first-order chi connectivity index (χ1) is 21.8. The number of carbonyl (C=O) groups is 1. The van der Waals surface area contributed by atoms with Crippen molar-refractivity contribution in [2.24, 2.45) is 11.3 Å². The van der Waals surface area contributed by atoms with Gasteiger partial charge in [-0.15, -0.1) is 0 Å². The minimum atomic E-state index is -3.66. The summed E-state index contributed by atoms with van der Waals surface area (Å²) in [6, 6.07) is 18.8. The first-order valence-corrected chi connectivity index (χ1v) is 17.3. The second-order valence-corrected chi connectivity index (χ2v) is 15.1. The number of piperidine rings is 1. The van der Waals surface area contributed by atoms with E-state index in [2.05, 4.69) is 12.6 Å². The van der Waals surface area contributed by atoms with E-state index >= 15 is 0 Å². The lowest BCUT2D eigenvalue weighted by atomic mass is 9.67. The molecule has 246 valence electrons. The Morgan fingerprint density at radius 2 is 1.65 bits per heavy atom. The fourth-order valence-electron chi connectivity index (χ4n) is 6.81. The van der Waals surface area contributed by atoms with E-state index < -0.39 is 22.6 Å². The Hall–Kier alpha value is -3.66. The largest absolute Gasteiger partial charge is 0.491 e. The summed E-state index contributed by atoms with van der Waals surface area (Å²) in [5, 5.41) is 9.24. The van der Waals surface area contributed by atoms with Gasteiger partial charge in [0, 0.05) is 24.6 Å². The van der Waals surface area contributed by atoms with Crippen LogP contribution in [-0.2, 0) is 19.6 Å². The van der Waals surface area contributed by atoms with E-state index in [1.165, 1.54) is 0 Å². The van der Waals surface area contributed by atoms with E-state index in [1.54, 1.807) is 16.4 Å².